The van der Waals surface area contributed by atoms with Gasteiger partial charge in [0.1, 0.15) is 18.4 Å². The van der Waals surface area contributed by atoms with E-state index >= 15 is 0 Å². The van der Waals surface area contributed by atoms with Crippen LogP contribution in [-0.2, 0) is 19.0 Å². The van der Waals surface area contributed by atoms with E-state index in [0.717, 1.165) is 0 Å². The minimum atomic E-state index is -0.595. The van der Waals surface area contributed by atoms with Crippen LogP contribution in [0.3, 0.4) is 0 Å². The largest absolute Gasteiger partial charge is 0.458 e. The van der Waals surface area contributed by atoms with Crippen molar-refractivity contribution in [3.8, 4) is 6.07 Å². The molecule has 0 aliphatic rings. The van der Waals surface area contributed by atoms with Crippen LogP contribution in [0.15, 0.2) is 4.99 Å². The number of hydrogen-bond acceptors (Lipinski definition) is 6. The van der Waals surface area contributed by atoms with Crippen molar-refractivity contribution in [3.05, 3.63) is 0 Å². The summed E-state index contributed by atoms with van der Waals surface area (Å²) in [4.78, 5) is 15.1. The number of methoxy groups -OCH3 is 2. The molecule has 0 radical (unpaired) electrons. The van der Waals surface area contributed by atoms with Gasteiger partial charge < -0.3 is 14.2 Å². The SMILES string of the molecule is CN=C(CC#N)C(=O)OCC(COC)OC. The third-order valence-corrected chi connectivity index (χ3v) is 1.84. The Kier molecular flexibility index (Phi) is 8.03. The van der Waals surface area contributed by atoms with Gasteiger partial charge in [-0.2, -0.15) is 5.26 Å². The summed E-state index contributed by atoms with van der Waals surface area (Å²) in [7, 11) is 4.47. The van der Waals surface area contributed by atoms with Crippen LogP contribution in [0.5, 0.6) is 0 Å². The maximum atomic E-state index is 11.4. The van der Waals surface area contributed by atoms with Gasteiger partial charge in [-0.15, -0.1) is 0 Å². The van der Waals surface area contributed by atoms with Crippen LogP contribution in [0.4, 0.5) is 0 Å². The van der Waals surface area contributed by atoms with Crippen molar-refractivity contribution < 1.29 is 19.0 Å². The number of nitriles is 1. The fourth-order valence-corrected chi connectivity index (χ4v) is 0.939. The fraction of sp³-hybridized carbons (Fsp3) is 0.700. The molecule has 0 spiro atoms. The zero-order valence-corrected chi connectivity index (χ0v) is 9.73. The molecule has 1 atom stereocenters. The number of aliphatic imine (C=N–C) groups is 1. The first-order chi connectivity index (χ1) is 7.69. The third kappa shape index (κ3) is 5.44. The van der Waals surface area contributed by atoms with Gasteiger partial charge >= 0.3 is 5.97 Å². The van der Waals surface area contributed by atoms with Gasteiger partial charge in [-0.1, -0.05) is 0 Å². The molecule has 0 saturated heterocycles. The molecule has 0 heterocycles. The zero-order chi connectivity index (χ0) is 12.4. The molecule has 0 aromatic carbocycles. The molecule has 0 rings (SSSR count). The van der Waals surface area contributed by atoms with Crippen molar-refractivity contribution >= 4 is 11.7 Å². The molecule has 0 aliphatic carbocycles. The first-order valence-electron chi connectivity index (χ1n) is 4.71. The molecule has 1 unspecified atom stereocenters. The van der Waals surface area contributed by atoms with Gasteiger partial charge in [0.2, 0.25) is 0 Å². The molecule has 0 fully saturated rings. The van der Waals surface area contributed by atoms with Gasteiger partial charge in [-0.05, 0) is 0 Å². The number of hydrogen-bond donors (Lipinski definition) is 0. The number of carbonyl (C=O) groups excluding carboxylic acids is 1. The lowest BCUT2D eigenvalue weighted by molar-refractivity contribution is -0.140. The molecule has 0 N–H and O–H groups in total. The van der Waals surface area contributed by atoms with Gasteiger partial charge in [0, 0.05) is 21.3 Å². The van der Waals surface area contributed by atoms with Gasteiger partial charge in [0.15, 0.2) is 0 Å². The average molecular weight is 228 g/mol. The lowest BCUT2D eigenvalue weighted by Gasteiger charge is -2.14. The molecule has 6 nitrogen and oxygen atoms in total. The summed E-state index contributed by atoms with van der Waals surface area (Å²) in [6.45, 7) is 0.411. The highest BCUT2D eigenvalue weighted by Crippen LogP contribution is 1.96. The van der Waals surface area contributed by atoms with Crippen molar-refractivity contribution in [1.29, 1.82) is 5.26 Å². The summed E-state index contributed by atoms with van der Waals surface area (Å²) >= 11 is 0. The Balaban J connectivity index is 4.09. The van der Waals surface area contributed by atoms with Gasteiger partial charge in [0.05, 0.1) is 19.1 Å². The van der Waals surface area contributed by atoms with E-state index in [4.69, 9.17) is 19.5 Å². The first kappa shape index (κ1) is 14.6. The maximum absolute atomic E-state index is 11.4. The Labute approximate surface area is 94.8 Å². The number of esters is 1. The summed E-state index contributed by atoms with van der Waals surface area (Å²) in [5.74, 6) is -0.595. The van der Waals surface area contributed by atoms with E-state index in [9.17, 15) is 4.79 Å². The molecule has 90 valence electrons. The molecular weight excluding hydrogens is 212 g/mol. The van der Waals surface area contributed by atoms with E-state index in [-0.39, 0.29) is 24.8 Å². The van der Waals surface area contributed by atoms with E-state index in [2.05, 4.69) is 4.99 Å². The van der Waals surface area contributed by atoms with Crippen LogP contribution in [-0.4, -0.2) is 52.3 Å². The van der Waals surface area contributed by atoms with Crippen LogP contribution < -0.4 is 0 Å². The quantitative estimate of drug-likeness (QED) is 0.458. The Bertz CT molecular complexity index is 283. The van der Waals surface area contributed by atoms with Crippen molar-refractivity contribution in [2.24, 2.45) is 4.99 Å². The average Bonchev–Trinajstić information content (AvgIpc) is 2.30. The van der Waals surface area contributed by atoms with Crippen LogP contribution >= 0.6 is 0 Å². The molecular formula is C10H16N2O4. The van der Waals surface area contributed by atoms with Crippen molar-refractivity contribution in [1.82, 2.24) is 0 Å². The molecule has 6 heteroatoms. The standard InChI is InChI=1S/C10H16N2O4/c1-12-9(4-5-11)10(13)16-7-8(15-3)6-14-2/h8H,4,6-7H2,1-3H3. The Hall–Kier alpha value is -1.45. The number of ether oxygens (including phenoxy) is 3. The summed E-state index contributed by atoms with van der Waals surface area (Å²) < 4.78 is 14.8. The number of carbonyl (C=O) groups is 1. The summed E-state index contributed by atoms with van der Waals surface area (Å²) in [6.07, 6.45) is -0.369. The second-order valence-corrected chi connectivity index (χ2v) is 2.92. The molecule has 0 aromatic heterocycles. The third-order valence-electron chi connectivity index (χ3n) is 1.84. The zero-order valence-electron chi connectivity index (χ0n) is 9.73. The van der Waals surface area contributed by atoms with E-state index in [1.165, 1.54) is 21.3 Å². The summed E-state index contributed by atoms with van der Waals surface area (Å²) in [5, 5.41) is 8.44. The summed E-state index contributed by atoms with van der Waals surface area (Å²) in [6, 6.07) is 1.84. The second kappa shape index (κ2) is 8.83. The van der Waals surface area contributed by atoms with E-state index in [1.807, 2.05) is 6.07 Å². The van der Waals surface area contributed by atoms with Crippen LogP contribution in [0.1, 0.15) is 6.42 Å². The van der Waals surface area contributed by atoms with Crippen molar-refractivity contribution in [2.75, 3.05) is 34.5 Å². The predicted octanol–water partition coefficient (Wildman–Crippen LogP) is 0.175. The topological polar surface area (TPSA) is 80.9 Å². The lowest BCUT2D eigenvalue weighted by Crippen LogP contribution is -2.28. The predicted molar refractivity (Wildman–Crippen MR) is 57.2 cm³/mol. The molecule has 0 bridgehead atoms. The highest BCUT2D eigenvalue weighted by molar-refractivity contribution is 6.36. The minimum Gasteiger partial charge on any atom is -0.458 e. The number of nitrogens with zero attached hydrogens (tertiary/aromatic N) is 2. The van der Waals surface area contributed by atoms with Gasteiger partial charge in [0.25, 0.3) is 0 Å². The smallest absolute Gasteiger partial charge is 0.353 e. The second-order valence-electron chi connectivity index (χ2n) is 2.92. The highest BCUT2D eigenvalue weighted by atomic mass is 16.6. The Morgan fingerprint density at radius 1 is 1.44 bits per heavy atom. The number of rotatable bonds is 7. The van der Waals surface area contributed by atoms with Crippen LogP contribution in [0.25, 0.3) is 0 Å². The summed E-state index contributed by atoms with van der Waals surface area (Å²) in [5.41, 5.74) is 0.106. The Morgan fingerprint density at radius 3 is 2.56 bits per heavy atom. The molecule has 0 saturated carbocycles. The fourth-order valence-electron chi connectivity index (χ4n) is 0.939. The highest BCUT2D eigenvalue weighted by Gasteiger charge is 2.15. The molecule has 0 aromatic rings. The van der Waals surface area contributed by atoms with Gasteiger partial charge in [-0.25, -0.2) is 4.79 Å². The maximum Gasteiger partial charge on any atom is 0.353 e. The monoisotopic (exact) mass is 228 g/mol. The Morgan fingerprint density at radius 2 is 2.12 bits per heavy atom. The van der Waals surface area contributed by atoms with E-state index < -0.39 is 5.97 Å². The molecule has 16 heavy (non-hydrogen) atoms. The van der Waals surface area contributed by atoms with Gasteiger partial charge in [-0.3, -0.25) is 4.99 Å². The molecule has 0 aliphatic heterocycles. The minimum absolute atomic E-state index is 0.0583. The van der Waals surface area contributed by atoms with Crippen LogP contribution in [0.2, 0.25) is 0 Å². The first-order valence-corrected chi connectivity index (χ1v) is 4.71. The van der Waals surface area contributed by atoms with E-state index in [1.54, 1.807) is 0 Å². The molecule has 0 amide bonds. The van der Waals surface area contributed by atoms with Crippen LogP contribution in [0, 0.1) is 11.3 Å². The van der Waals surface area contributed by atoms with Crippen molar-refractivity contribution in [2.45, 2.75) is 12.5 Å². The van der Waals surface area contributed by atoms with E-state index in [0.29, 0.717) is 6.61 Å². The van der Waals surface area contributed by atoms with Crippen molar-refractivity contribution in [3.63, 3.8) is 0 Å². The lowest BCUT2D eigenvalue weighted by atomic mass is 10.3. The normalized spacial score (nSPS) is 13.0.